The van der Waals surface area contributed by atoms with Crippen LogP contribution in [-0.4, -0.2) is 20.4 Å². The minimum atomic E-state index is 0.424. The van der Waals surface area contributed by atoms with Gasteiger partial charge in [-0.15, -0.1) is 20.4 Å². The molecule has 0 amide bonds. The molecular formula is C12H6Cl2N6. The van der Waals surface area contributed by atoms with Crippen molar-refractivity contribution < 1.29 is 0 Å². The van der Waals surface area contributed by atoms with Gasteiger partial charge in [0.05, 0.1) is 15.7 Å². The number of aromatic nitrogens is 4. The SMILES string of the molecule is Nc1cc(Cl)c(-c2c3nnc3c(N)c3nnc23)c(Cl)c1. The number of rotatable bonds is 1. The second kappa shape index (κ2) is 3.68. The molecule has 6 nitrogen and oxygen atoms in total. The average molecular weight is 305 g/mol. The van der Waals surface area contributed by atoms with Crippen LogP contribution in [0.5, 0.6) is 0 Å². The maximum Gasteiger partial charge on any atom is 0.139 e. The molecule has 0 saturated heterocycles. The average Bonchev–Trinajstić information content (AvgIpc) is 2.22. The summed E-state index contributed by atoms with van der Waals surface area (Å²) < 4.78 is 0. The standard InChI is InChI=1S/C12H6Cl2N6/c13-4-1-3(15)2-5(14)6(4)7-9-11(19-17-9)8(16)12-10(7)18-20-12/h1-2H,15-16H2. The Hall–Kier alpha value is -2.18. The van der Waals surface area contributed by atoms with Crippen LogP contribution in [0.2, 0.25) is 10.0 Å². The third-order valence-corrected chi connectivity index (χ3v) is 3.84. The zero-order valence-corrected chi connectivity index (χ0v) is 11.4. The first-order chi connectivity index (χ1) is 9.58. The van der Waals surface area contributed by atoms with Gasteiger partial charge < -0.3 is 11.5 Å². The first kappa shape index (κ1) is 11.6. The maximum atomic E-state index is 6.27. The Kier molecular flexibility index (Phi) is 2.14. The zero-order chi connectivity index (χ0) is 14.0. The molecule has 20 heavy (non-hydrogen) atoms. The Bertz CT molecular complexity index is 884. The van der Waals surface area contributed by atoms with E-state index in [4.69, 9.17) is 34.7 Å². The minimum absolute atomic E-state index is 0.424. The highest BCUT2D eigenvalue weighted by molar-refractivity contribution is 6.41. The molecule has 98 valence electrons. The molecule has 4 N–H and O–H groups in total. The lowest BCUT2D eigenvalue weighted by atomic mass is 9.99. The van der Waals surface area contributed by atoms with Crippen molar-refractivity contribution in [3.63, 3.8) is 0 Å². The number of hydrogen-bond donors (Lipinski definition) is 2. The molecule has 0 saturated carbocycles. The van der Waals surface area contributed by atoms with Crippen molar-refractivity contribution in [2.45, 2.75) is 0 Å². The molecule has 0 unspecified atom stereocenters. The predicted octanol–water partition coefficient (Wildman–Crippen LogP) is 2.59. The molecule has 0 aliphatic rings. The zero-order valence-electron chi connectivity index (χ0n) is 9.85. The Morgan fingerprint density at radius 2 is 1.15 bits per heavy atom. The van der Waals surface area contributed by atoms with Gasteiger partial charge >= 0.3 is 0 Å². The molecule has 8 heteroatoms. The van der Waals surface area contributed by atoms with Crippen LogP contribution in [0.25, 0.3) is 33.2 Å². The highest BCUT2D eigenvalue weighted by Crippen LogP contribution is 2.45. The summed E-state index contributed by atoms with van der Waals surface area (Å²) >= 11 is 12.5. The van der Waals surface area contributed by atoms with Crippen LogP contribution >= 0.6 is 23.2 Å². The predicted molar refractivity (Wildman–Crippen MR) is 79.3 cm³/mol. The summed E-state index contributed by atoms with van der Waals surface area (Å²) in [6.07, 6.45) is 0. The Morgan fingerprint density at radius 3 is 1.55 bits per heavy atom. The summed E-state index contributed by atoms with van der Waals surface area (Å²) in [6, 6.07) is 3.26. The van der Waals surface area contributed by atoms with Gasteiger partial charge in [0.2, 0.25) is 0 Å². The van der Waals surface area contributed by atoms with E-state index in [0.29, 0.717) is 54.6 Å². The number of hydrogen-bond acceptors (Lipinski definition) is 6. The Labute approximate surface area is 122 Å². The molecular weight excluding hydrogens is 299 g/mol. The monoisotopic (exact) mass is 304 g/mol. The molecule has 2 aromatic carbocycles. The summed E-state index contributed by atoms with van der Waals surface area (Å²) in [7, 11) is 0. The van der Waals surface area contributed by atoms with Gasteiger partial charge in [-0.25, -0.2) is 0 Å². The van der Waals surface area contributed by atoms with Crippen molar-refractivity contribution in [1.82, 2.24) is 20.4 Å². The highest BCUT2D eigenvalue weighted by atomic mass is 35.5. The van der Waals surface area contributed by atoms with Crippen LogP contribution < -0.4 is 11.5 Å². The topological polar surface area (TPSA) is 104 Å². The van der Waals surface area contributed by atoms with Gasteiger partial charge in [-0.2, -0.15) is 0 Å². The van der Waals surface area contributed by atoms with Gasteiger partial charge in [0.15, 0.2) is 0 Å². The summed E-state index contributed by atoms with van der Waals surface area (Å²) in [5.41, 5.74) is 16.4. The van der Waals surface area contributed by atoms with E-state index in [1.807, 2.05) is 0 Å². The van der Waals surface area contributed by atoms with E-state index < -0.39 is 0 Å². The van der Waals surface area contributed by atoms with Gasteiger partial charge in [0, 0.05) is 16.8 Å². The number of nitrogens with zero attached hydrogens (tertiary/aromatic N) is 4. The first-order valence-electron chi connectivity index (χ1n) is 5.65. The third-order valence-electron chi connectivity index (χ3n) is 3.25. The van der Waals surface area contributed by atoms with Crippen molar-refractivity contribution >= 4 is 56.6 Å². The molecule has 0 aliphatic carbocycles. The van der Waals surface area contributed by atoms with Gasteiger partial charge in [-0.05, 0) is 12.1 Å². The third kappa shape index (κ3) is 1.29. The van der Waals surface area contributed by atoms with E-state index in [1.165, 1.54) is 0 Å². The van der Waals surface area contributed by atoms with Crippen molar-refractivity contribution in [1.29, 1.82) is 0 Å². The lowest BCUT2D eigenvalue weighted by molar-refractivity contribution is 1.04. The summed E-state index contributed by atoms with van der Waals surface area (Å²) in [4.78, 5) is 0. The summed E-state index contributed by atoms with van der Waals surface area (Å²) in [5, 5.41) is 16.7. The fourth-order valence-electron chi connectivity index (χ4n) is 2.29. The van der Waals surface area contributed by atoms with Crippen molar-refractivity contribution in [3.8, 4) is 11.1 Å². The van der Waals surface area contributed by atoms with Gasteiger partial charge in [-0.1, -0.05) is 23.2 Å². The molecule has 4 rings (SSSR count). The smallest absolute Gasteiger partial charge is 0.139 e. The molecule has 0 radical (unpaired) electrons. The maximum absolute atomic E-state index is 6.27. The number of benzene rings is 2. The van der Waals surface area contributed by atoms with E-state index in [0.717, 1.165) is 0 Å². The van der Waals surface area contributed by atoms with E-state index in [9.17, 15) is 0 Å². The summed E-state index contributed by atoms with van der Waals surface area (Å²) in [6.45, 7) is 0. The number of halogens is 2. The Balaban J connectivity index is 2.15. The second-order valence-corrected chi connectivity index (χ2v) is 5.26. The molecule has 2 aromatic heterocycles. The van der Waals surface area contributed by atoms with Crippen LogP contribution in [0.1, 0.15) is 0 Å². The van der Waals surface area contributed by atoms with Crippen LogP contribution in [0.3, 0.4) is 0 Å². The summed E-state index contributed by atoms with van der Waals surface area (Å²) in [5.74, 6) is 0. The molecule has 0 aliphatic heterocycles. The van der Waals surface area contributed by atoms with Crippen LogP contribution in [0, 0.1) is 0 Å². The van der Waals surface area contributed by atoms with Crippen molar-refractivity contribution in [2.75, 3.05) is 11.5 Å². The molecule has 0 fully saturated rings. The normalized spacial score (nSPS) is 11.9. The molecule has 0 bridgehead atoms. The minimum Gasteiger partial charge on any atom is -0.399 e. The Morgan fingerprint density at radius 1 is 0.700 bits per heavy atom. The van der Waals surface area contributed by atoms with E-state index in [1.54, 1.807) is 12.1 Å². The van der Waals surface area contributed by atoms with Gasteiger partial charge in [-0.3, -0.25) is 0 Å². The molecule has 4 aromatic rings. The molecule has 0 spiro atoms. The fourth-order valence-corrected chi connectivity index (χ4v) is 2.99. The van der Waals surface area contributed by atoms with Gasteiger partial charge in [0.1, 0.15) is 22.1 Å². The van der Waals surface area contributed by atoms with Crippen LogP contribution in [0.15, 0.2) is 12.1 Å². The second-order valence-electron chi connectivity index (χ2n) is 4.44. The van der Waals surface area contributed by atoms with Crippen LogP contribution in [0.4, 0.5) is 11.4 Å². The van der Waals surface area contributed by atoms with Crippen LogP contribution in [-0.2, 0) is 0 Å². The quantitative estimate of drug-likeness (QED) is 0.524. The lowest BCUT2D eigenvalue weighted by Gasteiger charge is -2.16. The first-order valence-corrected chi connectivity index (χ1v) is 6.41. The number of nitrogens with two attached hydrogens (primary N) is 2. The lowest BCUT2D eigenvalue weighted by Crippen LogP contribution is -2.07. The largest absolute Gasteiger partial charge is 0.399 e. The molecule has 2 heterocycles. The molecule has 0 atom stereocenters. The highest BCUT2D eigenvalue weighted by Gasteiger charge is 2.25. The van der Waals surface area contributed by atoms with E-state index in [-0.39, 0.29) is 0 Å². The number of anilines is 2. The number of nitrogen functional groups attached to an aromatic ring is 2. The number of fused-ring (bicyclic) bond motifs is 2. The van der Waals surface area contributed by atoms with Crippen molar-refractivity contribution in [2.24, 2.45) is 0 Å². The van der Waals surface area contributed by atoms with E-state index in [2.05, 4.69) is 20.4 Å². The van der Waals surface area contributed by atoms with Crippen molar-refractivity contribution in [3.05, 3.63) is 22.2 Å². The van der Waals surface area contributed by atoms with Gasteiger partial charge in [0.25, 0.3) is 0 Å². The fraction of sp³-hybridized carbons (Fsp3) is 0. The van der Waals surface area contributed by atoms with E-state index >= 15 is 0 Å².